The van der Waals surface area contributed by atoms with E-state index in [-0.39, 0.29) is 12.3 Å². The monoisotopic (exact) mass is 442 g/mol. The van der Waals surface area contributed by atoms with Crippen molar-refractivity contribution in [2.45, 2.75) is 53.6 Å². The van der Waals surface area contributed by atoms with Crippen LogP contribution in [0.2, 0.25) is 0 Å². The molecule has 0 radical (unpaired) electrons. The Hall–Kier alpha value is -3.39. The summed E-state index contributed by atoms with van der Waals surface area (Å²) >= 11 is 0. The van der Waals surface area contributed by atoms with E-state index in [1.807, 2.05) is 57.2 Å². The molecule has 0 bridgehead atoms. The third-order valence-corrected chi connectivity index (χ3v) is 4.51. The highest BCUT2D eigenvalue weighted by atomic mass is 16.6. The minimum absolute atomic E-state index is 0.0299. The van der Waals surface area contributed by atoms with E-state index in [1.54, 1.807) is 20.0 Å². The second-order valence-corrected chi connectivity index (χ2v) is 7.12. The van der Waals surface area contributed by atoms with Crippen LogP contribution in [0.15, 0.2) is 76.8 Å². The maximum absolute atomic E-state index is 12.4. The van der Waals surface area contributed by atoms with E-state index >= 15 is 0 Å². The lowest BCUT2D eigenvalue weighted by molar-refractivity contribution is -0.420. The lowest BCUT2D eigenvalue weighted by atomic mass is 10.1. The van der Waals surface area contributed by atoms with Crippen molar-refractivity contribution in [2.24, 2.45) is 0 Å². The van der Waals surface area contributed by atoms with Crippen LogP contribution in [-0.4, -0.2) is 18.1 Å². The van der Waals surface area contributed by atoms with Crippen LogP contribution < -0.4 is 16.2 Å². The summed E-state index contributed by atoms with van der Waals surface area (Å²) in [4.78, 5) is 23.5. The van der Waals surface area contributed by atoms with Crippen LogP contribution in [-0.2, 0) is 11.3 Å². The molecule has 0 saturated heterocycles. The Kier molecular flexibility index (Phi) is 12.1. The smallest absolute Gasteiger partial charge is 0.411 e. The maximum atomic E-state index is 12.4. The number of hydrogen-bond acceptors (Lipinski definition) is 6. The van der Waals surface area contributed by atoms with Gasteiger partial charge in [0.15, 0.2) is 0 Å². The SMILES string of the molecule is CC/C=C(C)/C(=C\C=C(C)\C(NNC)=C(\CCC)NC(=O)OCc1ccccc1)[N+](=O)[O-]. The Morgan fingerprint density at radius 2 is 1.81 bits per heavy atom. The van der Waals surface area contributed by atoms with Crippen molar-refractivity contribution in [1.82, 2.24) is 16.2 Å². The van der Waals surface area contributed by atoms with Crippen molar-refractivity contribution in [3.05, 3.63) is 92.5 Å². The standard InChI is InChI=1S/C24H34N4O4/c1-6-11-18(3)22(28(30)31)16-15-19(4)23(27-25-5)21(12-7-2)26-24(29)32-17-20-13-9-8-10-14-20/h8-11,13-16,25,27H,6-7,12,17H2,1-5H3,(H,26,29)/b18-11+,19-15+,22-16+,23-21+. The number of nitrogens with zero attached hydrogens (tertiary/aromatic N) is 1. The molecule has 174 valence electrons. The molecule has 1 aromatic rings. The number of amides is 1. The van der Waals surface area contributed by atoms with Crippen LogP contribution in [0.5, 0.6) is 0 Å². The quantitative estimate of drug-likeness (QED) is 0.236. The summed E-state index contributed by atoms with van der Waals surface area (Å²) < 4.78 is 5.34. The first-order chi connectivity index (χ1) is 15.3. The lowest BCUT2D eigenvalue weighted by Crippen LogP contribution is -2.33. The van der Waals surface area contributed by atoms with Gasteiger partial charge in [0.25, 0.3) is 5.70 Å². The van der Waals surface area contributed by atoms with Gasteiger partial charge in [0.05, 0.1) is 10.6 Å². The molecule has 8 heteroatoms. The highest BCUT2D eigenvalue weighted by molar-refractivity contribution is 5.70. The summed E-state index contributed by atoms with van der Waals surface area (Å²) in [5, 5.41) is 14.3. The molecule has 0 unspecified atom stereocenters. The van der Waals surface area contributed by atoms with E-state index in [2.05, 4.69) is 16.2 Å². The van der Waals surface area contributed by atoms with Crippen LogP contribution in [0.4, 0.5) is 4.79 Å². The molecule has 0 aliphatic heterocycles. The van der Waals surface area contributed by atoms with E-state index in [4.69, 9.17) is 4.74 Å². The minimum atomic E-state index is -0.566. The molecule has 0 atom stereocenters. The third-order valence-electron chi connectivity index (χ3n) is 4.51. The fourth-order valence-corrected chi connectivity index (χ4v) is 2.95. The average molecular weight is 443 g/mol. The number of allylic oxidation sites excluding steroid dienone is 6. The number of carbonyl (C=O) groups is 1. The highest BCUT2D eigenvalue weighted by Crippen LogP contribution is 2.17. The molecule has 32 heavy (non-hydrogen) atoms. The van der Waals surface area contributed by atoms with Gasteiger partial charge in [-0.2, -0.15) is 0 Å². The van der Waals surface area contributed by atoms with E-state index in [9.17, 15) is 14.9 Å². The first-order valence-corrected chi connectivity index (χ1v) is 10.7. The van der Waals surface area contributed by atoms with Crippen LogP contribution in [0, 0.1) is 10.1 Å². The van der Waals surface area contributed by atoms with E-state index < -0.39 is 11.0 Å². The van der Waals surface area contributed by atoms with Crippen molar-refractivity contribution in [3.8, 4) is 0 Å². The molecule has 3 N–H and O–H groups in total. The lowest BCUT2D eigenvalue weighted by Gasteiger charge is -2.18. The van der Waals surface area contributed by atoms with Crippen molar-refractivity contribution < 1.29 is 14.5 Å². The van der Waals surface area contributed by atoms with Gasteiger partial charge in [-0.05, 0) is 37.8 Å². The van der Waals surface area contributed by atoms with Gasteiger partial charge in [-0.25, -0.2) is 10.2 Å². The number of nitrogens with one attached hydrogen (secondary N) is 3. The number of ether oxygens (including phenoxy) is 1. The molecule has 1 aromatic carbocycles. The van der Waals surface area contributed by atoms with Gasteiger partial charge < -0.3 is 10.2 Å². The number of rotatable bonds is 12. The molecule has 0 saturated carbocycles. The summed E-state index contributed by atoms with van der Waals surface area (Å²) in [6.45, 7) is 7.62. The molecule has 0 aliphatic rings. The molecule has 0 aliphatic carbocycles. The summed E-state index contributed by atoms with van der Waals surface area (Å²) in [5.41, 5.74) is 9.39. The zero-order valence-electron chi connectivity index (χ0n) is 19.5. The van der Waals surface area contributed by atoms with E-state index in [1.165, 1.54) is 6.08 Å². The van der Waals surface area contributed by atoms with Gasteiger partial charge in [0, 0.05) is 24.4 Å². The zero-order valence-corrected chi connectivity index (χ0v) is 19.5. The Balaban J connectivity index is 3.16. The number of carbonyl (C=O) groups excluding carboxylic acids is 1. The fourth-order valence-electron chi connectivity index (χ4n) is 2.95. The van der Waals surface area contributed by atoms with Gasteiger partial charge in [0.2, 0.25) is 0 Å². The van der Waals surface area contributed by atoms with Crippen LogP contribution in [0.3, 0.4) is 0 Å². The van der Waals surface area contributed by atoms with Crippen molar-refractivity contribution in [1.29, 1.82) is 0 Å². The summed E-state index contributed by atoms with van der Waals surface area (Å²) in [7, 11) is 1.71. The first-order valence-electron chi connectivity index (χ1n) is 10.7. The largest absolute Gasteiger partial charge is 0.444 e. The van der Waals surface area contributed by atoms with Crippen molar-refractivity contribution in [2.75, 3.05) is 7.05 Å². The topological polar surface area (TPSA) is 106 Å². The fraction of sp³-hybridized carbons (Fsp3) is 0.375. The molecule has 8 nitrogen and oxygen atoms in total. The molecule has 1 amide bonds. The summed E-state index contributed by atoms with van der Waals surface area (Å²) in [6, 6.07) is 9.42. The second kappa shape index (κ2) is 14.6. The third kappa shape index (κ3) is 9.18. The van der Waals surface area contributed by atoms with Gasteiger partial charge in [-0.1, -0.05) is 62.8 Å². The van der Waals surface area contributed by atoms with Gasteiger partial charge in [0.1, 0.15) is 6.61 Å². The zero-order chi connectivity index (χ0) is 23.9. The number of hydrazine groups is 1. The van der Waals surface area contributed by atoms with E-state index in [0.717, 1.165) is 17.6 Å². The average Bonchev–Trinajstić information content (AvgIpc) is 2.76. The predicted octanol–water partition coefficient (Wildman–Crippen LogP) is 5.11. The van der Waals surface area contributed by atoms with Crippen molar-refractivity contribution in [3.63, 3.8) is 0 Å². The van der Waals surface area contributed by atoms with Crippen LogP contribution in [0.1, 0.15) is 52.5 Å². The Bertz CT molecular complexity index is 887. The number of benzene rings is 1. The molecule has 0 aromatic heterocycles. The molecular weight excluding hydrogens is 408 g/mol. The highest BCUT2D eigenvalue weighted by Gasteiger charge is 2.15. The molecule has 0 heterocycles. The summed E-state index contributed by atoms with van der Waals surface area (Å²) in [5.74, 6) is 0. The normalized spacial score (nSPS) is 13.3. The van der Waals surface area contributed by atoms with Gasteiger partial charge in [-0.3, -0.25) is 15.4 Å². The maximum Gasteiger partial charge on any atom is 0.411 e. The van der Waals surface area contributed by atoms with E-state index in [0.29, 0.717) is 29.8 Å². The first kappa shape index (κ1) is 26.6. The second-order valence-electron chi connectivity index (χ2n) is 7.12. The molecule has 1 rings (SSSR count). The molecular formula is C24H34N4O4. The molecule has 0 fully saturated rings. The van der Waals surface area contributed by atoms with Gasteiger partial charge in [-0.15, -0.1) is 0 Å². The number of hydrogen-bond donors (Lipinski definition) is 3. The number of nitro groups is 1. The van der Waals surface area contributed by atoms with Crippen LogP contribution in [0.25, 0.3) is 0 Å². The Labute approximate surface area is 190 Å². The molecule has 0 spiro atoms. The van der Waals surface area contributed by atoms with Gasteiger partial charge >= 0.3 is 6.09 Å². The predicted molar refractivity (Wildman–Crippen MR) is 127 cm³/mol. The van der Waals surface area contributed by atoms with Crippen molar-refractivity contribution >= 4 is 6.09 Å². The number of alkyl carbamates (subject to hydrolysis) is 1. The van der Waals surface area contributed by atoms with Crippen LogP contribution >= 0.6 is 0 Å². The summed E-state index contributed by atoms with van der Waals surface area (Å²) in [6.07, 6.45) is 6.46. The Morgan fingerprint density at radius 1 is 1.12 bits per heavy atom. The Morgan fingerprint density at radius 3 is 2.38 bits per heavy atom. The minimum Gasteiger partial charge on any atom is -0.444 e.